The number of nitrogens with zero attached hydrogens (tertiary/aromatic N) is 1. The Labute approximate surface area is 125 Å². The van der Waals surface area contributed by atoms with Gasteiger partial charge in [-0.3, -0.25) is 9.69 Å². The van der Waals surface area contributed by atoms with Crippen LogP contribution in [0, 0.1) is 0 Å². The molecule has 0 aromatic heterocycles. The second-order valence-corrected chi connectivity index (χ2v) is 5.32. The number of hydrogen-bond acceptors (Lipinski definition) is 3. The standard InChI is InChI=1S/C14H18ClNO2.ClH/c1-10-7-16(8-11(2)18-10)9-14(17)12-3-5-13(15)6-4-12;/h3-6,10-11H,7-9H2,1-2H3;1H. The average molecular weight is 304 g/mol. The van der Waals surface area contributed by atoms with E-state index in [2.05, 4.69) is 4.90 Å². The molecule has 3 nitrogen and oxygen atoms in total. The number of ether oxygens (including phenoxy) is 1. The Kier molecular flexibility index (Phi) is 6.27. The fourth-order valence-corrected chi connectivity index (χ4v) is 2.47. The van der Waals surface area contributed by atoms with Crippen LogP contribution in [0.5, 0.6) is 0 Å². The highest BCUT2D eigenvalue weighted by Crippen LogP contribution is 2.13. The summed E-state index contributed by atoms with van der Waals surface area (Å²) < 4.78 is 5.65. The van der Waals surface area contributed by atoms with Gasteiger partial charge >= 0.3 is 0 Å². The molecular formula is C14H19Cl2NO2. The molecule has 0 bridgehead atoms. The Morgan fingerprint density at radius 2 is 1.79 bits per heavy atom. The highest BCUT2D eigenvalue weighted by molar-refractivity contribution is 6.30. The van der Waals surface area contributed by atoms with E-state index in [0.717, 1.165) is 13.1 Å². The van der Waals surface area contributed by atoms with Crippen LogP contribution in [-0.2, 0) is 4.74 Å². The minimum atomic E-state index is 0. The molecule has 1 aliphatic heterocycles. The van der Waals surface area contributed by atoms with Gasteiger partial charge in [0.15, 0.2) is 5.78 Å². The second-order valence-electron chi connectivity index (χ2n) is 4.88. The zero-order chi connectivity index (χ0) is 13.1. The van der Waals surface area contributed by atoms with Crippen LogP contribution in [0.3, 0.4) is 0 Å². The van der Waals surface area contributed by atoms with E-state index < -0.39 is 0 Å². The molecule has 2 unspecified atom stereocenters. The largest absolute Gasteiger partial charge is 0.373 e. The van der Waals surface area contributed by atoms with E-state index in [0.29, 0.717) is 17.1 Å². The lowest BCUT2D eigenvalue weighted by atomic mass is 10.1. The van der Waals surface area contributed by atoms with Gasteiger partial charge in [-0.25, -0.2) is 0 Å². The molecule has 1 aromatic carbocycles. The van der Waals surface area contributed by atoms with Gasteiger partial charge in [0.25, 0.3) is 0 Å². The summed E-state index contributed by atoms with van der Waals surface area (Å²) in [6, 6.07) is 7.05. The summed E-state index contributed by atoms with van der Waals surface area (Å²) in [4.78, 5) is 14.3. The molecule has 1 aliphatic rings. The maximum absolute atomic E-state index is 12.1. The number of rotatable bonds is 3. The smallest absolute Gasteiger partial charge is 0.176 e. The third-order valence-corrected chi connectivity index (χ3v) is 3.28. The van der Waals surface area contributed by atoms with Crippen molar-refractivity contribution in [2.75, 3.05) is 19.6 Å². The molecule has 0 N–H and O–H groups in total. The average Bonchev–Trinajstić information content (AvgIpc) is 2.28. The number of hydrogen-bond donors (Lipinski definition) is 0. The Hall–Kier alpha value is -0.610. The van der Waals surface area contributed by atoms with E-state index in [1.165, 1.54) is 0 Å². The molecule has 2 atom stereocenters. The van der Waals surface area contributed by atoms with Crippen molar-refractivity contribution in [3.63, 3.8) is 0 Å². The molecule has 5 heteroatoms. The van der Waals surface area contributed by atoms with Gasteiger partial charge < -0.3 is 4.74 Å². The molecule has 0 spiro atoms. The lowest BCUT2D eigenvalue weighted by molar-refractivity contribution is -0.0652. The van der Waals surface area contributed by atoms with Crippen molar-refractivity contribution in [2.24, 2.45) is 0 Å². The highest BCUT2D eigenvalue weighted by atomic mass is 35.5. The fourth-order valence-electron chi connectivity index (χ4n) is 2.34. The Morgan fingerprint density at radius 1 is 1.26 bits per heavy atom. The molecule has 0 radical (unpaired) electrons. The second kappa shape index (κ2) is 7.25. The van der Waals surface area contributed by atoms with E-state index in [1.54, 1.807) is 24.3 Å². The van der Waals surface area contributed by atoms with Crippen molar-refractivity contribution in [2.45, 2.75) is 26.1 Å². The van der Waals surface area contributed by atoms with Gasteiger partial charge in [-0.15, -0.1) is 12.4 Å². The van der Waals surface area contributed by atoms with Crippen LogP contribution >= 0.6 is 24.0 Å². The first-order valence-corrected chi connectivity index (χ1v) is 6.59. The maximum atomic E-state index is 12.1. The lowest BCUT2D eigenvalue weighted by Gasteiger charge is -2.34. The van der Waals surface area contributed by atoms with E-state index in [1.807, 2.05) is 13.8 Å². The number of morpholine rings is 1. The van der Waals surface area contributed by atoms with Gasteiger partial charge in [-0.1, -0.05) is 11.6 Å². The van der Waals surface area contributed by atoms with Crippen molar-refractivity contribution < 1.29 is 9.53 Å². The van der Waals surface area contributed by atoms with Crippen molar-refractivity contribution in [1.82, 2.24) is 4.90 Å². The van der Waals surface area contributed by atoms with Crippen molar-refractivity contribution in [3.8, 4) is 0 Å². The van der Waals surface area contributed by atoms with Crippen molar-refractivity contribution in [1.29, 1.82) is 0 Å². The molecule has 0 saturated carbocycles. The third kappa shape index (κ3) is 4.77. The zero-order valence-electron chi connectivity index (χ0n) is 11.1. The van der Waals surface area contributed by atoms with Crippen molar-refractivity contribution in [3.05, 3.63) is 34.9 Å². The van der Waals surface area contributed by atoms with Gasteiger partial charge in [0.1, 0.15) is 0 Å². The molecule has 1 aromatic rings. The SMILES string of the molecule is CC1CN(CC(=O)c2ccc(Cl)cc2)CC(C)O1.Cl. The number of Topliss-reactive ketones (excluding diaryl/α,β-unsaturated/α-hetero) is 1. The summed E-state index contributed by atoms with van der Waals surface area (Å²) in [6.07, 6.45) is 0.374. The van der Waals surface area contributed by atoms with Gasteiger partial charge in [-0.2, -0.15) is 0 Å². The van der Waals surface area contributed by atoms with Gasteiger partial charge in [0, 0.05) is 23.7 Å². The topological polar surface area (TPSA) is 29.5 Å². The van der Waals surface area contributed by atoms with Crippen LogP contribution in [0.1, 0.15) is 24.2 Å². The van der Waals surface area contributed by atoms with Crippen LogP contribution in [0.4, 0.5) is 0 Å². The number of halogens is 2. The van der Waals surface area contributed by atoms with E-state index in [4.69, 9.17) is 16.3 Å². The molecule has 19 heavy (non-hydrogen) atoms. The van der Waals surface area contributed by atoms with Crippen LogP contribution < -0.4 is 0 Å². The fraction of sp³-hybridized carbons (Fsp3) is 0.500. The Balaban J connectivity index is 0.00000180. The number of carbonyl (C=O) groups is 1. The minimum Gasteiger partial charge on any atom is -0.373 e. The lowest BCUT2D eigenvalue weighted by Crippen LogP contribution is -2.47. The molecule has 1 fully saturated rings. The third-order valence-electron chi connectivity index (χ3n) is 3.03. The zero-order valence-corrected chi connectivity index (χ0v) is 12.7. The maximum Gasteiger partial charge on any atom is 0.176 e. The van der Waals surface area contributed by atoms with E-state index >= 15 is 0 Å². The monoisotopic (exact) mass is 303 g/mol. The summed E-state index contributed by atoms with van der Waals surface area (Å²) in [5, 5.41) is 0.653. The Bertz CT molecular complexity index is 412. The Morgan fingerprint density at radius 3 is 2.32 bits per heavy atom. The normalized spacial score (nSPS) is 23.7. The molecule has 0 aliphatic carbocycles. The quantitative estimate of drug-likeness (QED) is 0.804. The van der Waals surface area contributed by atoms with Crippen LogP contribution in [0.2, 0.25) is 5.02 Å². The van der Waals surface area contributed by atoms with Crippen LogP contribution in [0.15, 0.2) is 24.3 Å². The van der Waals surface area contributed by atoms with Gasteiger partial charge in [0.05, 0.1) is 18.8 Å². The summed E-state index contributed by atoms with van der Waals surface area (Å²) in [5.74, 6) is 0.132. The number of ketones is 1. The number of benzene rings is 1. The van der Waals surface area contributed by atoms with Gasteiger partial charge in [0.2, 0.25) is 0 Å². The molecule has 1 saturated heterocycles. The predicted molar refractivity (Wildman–Crippen MR) is 79.5 cm³/mol. The molecule has 2 rings (SSSR count). The summed E-state index contributed by atoms with van der Waals surface area (Å²) >= 11 is 5.81. The van der Waals surface area contributed by atoms with Crippen molar-refractivity contribution >= 4 is 29.8 Å². The molecule has 0 amide bonds. The predicted octanol–water partition coefficient (Wildman–Crippen LogP) is 3.05. The van der Waals surface area contributed by atoms with E-state index in [9.17, 15) is 4.79 Å². The first-order valence-electron chi connectivity index (χ1n) is 6.21. The molecule has 1 heterocycles. The van der Waals surface area contributed by atoms with Crippen LogP contribution in [-0.4, -0.2) is 42.5 Å². The first kappa shape index (κ1) is 16.4. The summed E-state index contributed by atoms with van der Waals surface area (Å²) in [7, 11) is 0. The minimum absolute atomic E-state index is 0. The van der Waals surface area contributed by atoms with Crippen LogP contribution in [0.25, 0.3) is 0 Å². The van der Waals surface area contributed by atoms with Gasteiger partial charge in [-0.05, 0) is 38.1 Å². The highest BCUT2D eigenvalue weighted by Gasteiger charge is 2.23. The molecular weight excluding hydrogens is 285 g/mol. The summed E-state index contributed by atoms with van der Waals surface area (Å²) in [6.45, 7) is 6.14. The molecule has 106 valence electrons. The number of carbonyl (C=O) groups excluding carboxylic acids is 1. The summed E-state index contributed by atoms with van der Waals surface area (Å²) in [5.41, 5.74) is 0.714. The first-order chi connectivity index (χ1) is 8.54. The van der Waals surface area contributed by atoms with E-state index in [-0.39, 0.29) is 30.4 Å².